The summed E-state index contributed by atoms with van der Waals surface area (Å²) in [6.45, 7) is 0. The van der Waals surface area contributed by atoms with E-state index in [0.717, 1.165) is 4.90 Å². The SMILES string of the molecule is COC(=O)Nc1ccc(NC(=O)c2cccnc2Sc2ccccc2)cc1. The molecule has 0 bridgehead atoms. The summed E-state index contributed by atoms with van der Waals surface area (Å²) in [7, 11) is 1.29. The van der Waals surface area contributed by atoms with E-state index in [4.69, 9.17) is 0 Å². The fourth-order valence-electron chi connectivity index (χ4n) is 2.25. The van der Waals surface area contributed by atoms with Crippen LogP contribution in [0.5, 0.6) is 0 Å². The van der Waals surface area contributed by atoms with Crippen molar-refractivity contribution >= 4 is 35.1 Å². The van der Waals surface area contributed by atoms with Crippen LogP contribution in [0.25, 0.3) is 0 Å². The number of benzene rings is 2. The predicted molar refractivity (Wildman–Crippen MR) is 105 cm³/mol. The number of aromatic nitrogens is 1. The van der Waals surface area contributed by atoms with Gasteiger partial charge in [0.15, 0.2) is 0 Å². The molecule has 2 amide bonds. The summed E-state index contributed by atoms with van der Waals surface area (Å²) in [6, 6.07) is 20.0. The maximum atomic E-state index is 12.7. The second-order valence-electron chi connectivity index (χ2n) is 5.42. The molecule has 0 unspecified atom stereocenters. The van der Waals surface area contributed by atoms with E-state index < -0.39 is 6.09 Å². The molecule has 3 aromatic rings. The minimum Gasteiger partial charge on any atom is -0.453 e. The van der Waals surface area contributed by atoms with E-state index in [1.165, 1.54) is 18.9 Å². The normalized spacial score (nSPS) is 10.1. The van der Waals surface area contributed by atoms with E-state index in [1.54, 1.807) is 42.6 Å². The third-order valence-electron chi connectivity index (χ3n) is 3.55. The van der Waals surface area contributed by atoms with E-state index >= 15 is 0 Å². The van der Waals surface area contributed by atoms with Gasteiger partial charge in [0.05, 0.1) is 12.7 Å². The van der Waals surface area contributed by atoms with E-state index in [0.29, 0.717) is 22.0 Å². The minimum absolute atomic E-state index is 0.254. The molecule has 0 aliphatic rings. The van der Waals surface area contributed by atoms with E-state index in [-0.39, 0.29) is 5.91 Å². The number of carbonyl (C=O) groups is 2. The number of pyridine rings is 1. The van der Waals surface area contributed by atoms with Crippen LogP contribution in [-0.2, 0) is 4.74 Å². The average molecular weight is 379 g/mol. The first-order chi connectivity index (χ1) is 13.2. The van der Waals surface area contributed by atoms with E-state index in [1.807, 2.05) is 30.3 Å². The first-order valence-electron chi connectivity index (χ1n) is 8.10. The number of methoxy groups -OCH3 is 1. The fourth-order valence-corrected chi connectivity index (χ4v) is 3.15. The molecule has 3 rings (SSSR count). The second kappa shape index (κ2) is 8.86. The molecule has 1 aromatic heterocycles. The Kier molecular flexibility index (Phi) is 6.06. The zero-order chi connectivity index (χ0) is 19.1. The molecule has 136 valence electrons. The van der Waals surface area contributed by atoms with Crippen molar-refractivity contribution in [3.8, 4) is 0 Å². The monoisotopic (exact) mass is 379 g/mol. The molecule has 6 nitrogen and oxygen atoms in total. The molecule has 0 atom stereocenters. The molecular formula is C20H17N3O3S. The molecule has 0 aliphatic heterocycles. The van der Waals surface area contributed by atoms with Gasteiger partial charge >= 0.3 is 6.09 Å². The van der Waals surface area contributed by atoms with Crippen molar-refractivity contribution in [1.82, 2.24) is 4.98 Å². The number of nitrogens with one attached hydrogen (secondary N) is 2. The molecule has 7 heteroatoms. The predicted octanol–water partition coefficient (Wildman–Crippen LogP) is 4.66. The highest BCUT2D eigenvalue weighted by Crippen LogP contribution is 2.28. The standard InChI is InChI=1S/C20H17N3O3S/c1-26-20(25)23-15-11-9-14(10-12-15)22-18(24)17-8-5-13-21-19(17)27-16-6-3-2-4-7-16/h2-13H,1H3,(H,22,24)(H,23,25). The third kappa shape index (κ3) is 5.08. The Morgan fingerprint density at radius 1 is 0.889 bits per heavy atom. The Balaban J connectivity index is 1.72. The van der Waals surface area contributed by atoms with Gasteiger partial charge in [-0.25, -0.2) is 9.78 Å². The summed E-state index contributed by atoms with van der Waals surface area (Å²) in [6.07, 6.45) is 1.11. The van der Waals surface area contributed by atoms with Crippen molar-refractivity contribution in [2.24, 2.45) is 0 Å². The van der Waals surface area contributed by atoms with Gasteiger partial charge in [0.25, 0.3) is 5.91 Å². The van der Waals surface area contributed by atoms with Crippen LogP contribution in [0.15, 0.2) is 82.8 Å². The van der Waals surface area contributed by atoms with Crippen molar-refractivity contribution in [2.45, 2.75) is 9.92 Å². The van der Waals surface area contributed by atoms with Gasteiger partial charge in [0.2, 0.25) is 0 Å². The van der Waals surface area contributed by atoms with Gasteiger partial charge in [-0.2, -0.15) is 0 Å². The minimum atomic E-state index is -0.551. The van der Waals surface area contributed by atoms with Crippen LogP contribution < -0.4 is 10.6 Å². The Morgan fingerprint density at radius 2 is 1.56 bits per heavy atom. The fraction of sp³-hybridized carbons (Fsp3) is 0.0500. The summed E-state index contributed by atoms with van der Waals surface area (Å²) in [5.41, 5.74) is 1.67. The number of hydrogen-bond acceptors (Lipinski definition) is 5. The molecule has 2 N–H and O–H groups in total. The first kappa shape index (κ1) is 18.5. The summed E-state index contributed by atoms with van der Waals surface area (Å²) in [4.78, 5) is 29.2. The van der Waals surface area contributed by atoms with Crippen LogP contribution in [0.2, 0.25) is 0 Å². The molecule has 0 aliphatic carbocycles. The lowest BCUT2D eigenvalue weighted by atomic mass is 10.2. The Hall–Kier alpha value is -3.32. The molecule has 0 radical (unpaired) electrons. The van der Waals surface area contributed by atoms with Crippen molar-refractivity contribution in [3.05, 3.63) is 78.5 Å². The molecular weight excluding hydrogens is 362 g/mol. The van der Waals surface area contributed by atoms with Crippen LogP contribution in [0.1, 0.15) is 10.4 Å². The van der Waals surface area contributed by atoms with Gasteiger partial charge in [-0.05, 0) is 48.5 Å². The molecule has 0 saturated heterocycles. The highest BCUT2D eigenvalue weighted by Gasteiger charge is 2.14. The molecule has 0 saturated carbocycles. The van der Waals surface area contributed by atoms with Crippen LogP contribution >= 0.6 is 11.8 Å². The molecule has 0 spiro atoms. The third-order valence-corrected chi connectivity index (χ3v) is 4.57. The number of anilines is 2. The summed E-state index contributed by atoms with van der Waals surface area (Å²) in [5.74, 6) is -0.254. The lowest BCUT2D eigenvalue weighted by molar-refractivity contribution is 0.102. The number of hydrogen-bond donors (Lipinski definition) is 2. The zero-order valence-electron chi connectivity index (χ0n) is 14.5. The Morgan fingerprint density at radius 3 is 2.22 bits per heavy atom. The molecule has 27 heavy (non-hydrogen) atoms. The second-order valence-corrected chi connectivity index (χ2v) is 6.48. The largest absolute Gasteiger partial charge is 0.453 e. The van der Waals surface area contributed by atoms with E-state index in [9.17, 15) is 9.59 Å². The van der Waals surface area contributed by atoms with Crippen molar-refractivity contribution < 1.29 is 14.3 Å². The van der Waals surface area contributed by atoms with Gasteiger partial charge in [-0.15, -0.1) is 0 Å². The van der Waals surface area contributed by atoms with Crippen molar-refractivity contribution in [1.29, 1.82) is 0 Å². The topological polar surface area (TPSA) is 80.3 Å². The van der Waals surface area contributed by atoms with Crippen molar-refractivity contribution in [2.75, 3.05) is 17.7 Å². The van der Waals surface area contributed by atoms with Gasteiger partial charge in [0, 0.05) is 22.5 Å². The average Bonchev–Trinajstić information content (AvgIpc) is 2.70. The van der Waals surface area contributed by atoms with Gasteiger partial charge < -0.3 is 10.1 Å². The lowest BCUT2D eigenvalue weighted by Gasteiger charge is -2.10. The molecule has 1 heterocycles. The van der Waals surface area contributed by atoms with Gasteiger partial charge in [0.1, 0.15) is 5.03 Å². The van der Waals surface area contributed by atoms with Crippen LogP contribution in [0.3, 0.4) is 0 Å². The highest BCUT2D eigenvalue weighted by atomic mass is 32.2. The zero-order valence-corrected chi connectivity index (χ0v) is 15.3. The Labute approximate surface area is 161 Å². The van der Waals surface area contributed by atoms with Crippen LogP contribution in [-0.4, -0.2) is 24.1 Å². The summed E-state index contributed by atoms with van der Waals surface area (Å²) >= 11 is 1.43. The summed E-state index contributed by atoms with van der Waals surface area (Å²) in [5, 5.41) is 6.03. The maximum Gasteiger partial charge on any atom is 0.411 e. The van der Waals surface area contributed by atoms with Gasteiger partial charge in [-0.3, -0.25) is 10.1 Å². The number of nitrogens with zero attached hydrogens (tertiary/aromatic N) is 1. The maximum absolute atomic E-state index is 12.7. The first-order valence-corrected chi connectivity index (χ1v) is 8.91. The number of ether oxygens (including phenoxy) is 1. The molecule has 2 aromatic carbocycles. The van der Waals surface area contributed by atoms with Crippen LogP contribution in [0, 0.1) is 0 Å². The van der Waals surface area contributed by atoms with Gasteiger partial charge in [-0.1, -0.05) is 30.0 Å². The summed E-state index contributed by atoms with van der Waals surface area (Å²) < 4.78 is 4.54. The number of carbonyl (C=O) groups excluding carboxylic acids is 2. The van der Waals surface area contributed by atoms with Crippen molar-refractivity contribution in [3.63, 3.8) is 0 Å². The van der Waals surface area contributed by atoms with Crippen LogP contribution in [0.4, 0.5) is 16.2 Å². The van der Waals surface area contributed by atoms with E-state index in [2.05, 4.69) is 20.4 Å². The Bertz CT molecular complexity index is 931. The number of amides is 2. The smallest absolute Gasteiger partial charge is 0.411 e. The quantitative estimate of drug-likeness (QED) is 0.674. The number of rotatable bonds is 5. The lowest BCUT2D eigenvalue weighted by Crippen LogP contribution is -2.14. The highest BCUT2D eigenvalue weighted by molar-refractivity contribution is 7.99. The molecule has 0 fully saturated rings.